The van der Waals surface area contributed by atoms with Crippen molar-refractivity contribution >= 4 is 22.9 Å². The van der Waals surface area contributed by atoms with Gasteiger partial charge in [0.15, 0.2) is 0 Å². The van der Waals surface area contributed by atoms with Crippen molar-refractivity contribution in [2.45, 2.75) is 46.2 Å². The standard InChI is InChI=1S/C11H19ClN2S/c1-4-9(5-2)8(3)13-7-11-14-6-10(12)15-11/h6,8-9,13H,4-5,7H2,1-3H3. The van der Waals surface area contributed by atoms with Gasteiger partial charge < -0.3 is 5.32 Å². The number of nitrogens with zero attached hydrogens (tertiary/aromatic N) is 1. The molecule has 15 heavy (non-hydrogen) atoms. The Morgan fingerprint density at radius 1 is 1.47 bits per heavy atom. The molecule has 0 bridgehead atoms. The molecule has 0 aliphatic carbocycles. The first-order valence-electron chi connectivity index (χ1n) is 5.50. The van der Waals surface area contributed by atoms with E-state index in [4.69, 9.17) is 11.6 Å². The van der Waals surface area contributed by atoms with Crippen molar-refractivity contribution in [1.29, 1.82) is 0 Å². The molecule has 86 valence electrons. The summed E-state index contributed by atoms with van der Waals surface area (Å²) in [7, 11) is 0. The number of thiazole rings is 1. The Balaban J connectivity index is 2.36. The lowest BCUT2D eigenvalue weighted by molar-refractivity contribution is 0.353. The predicted molar refractivity (Wildman–Crippen MR) is 67.5 cm³/mol. The molecule has 0 aliphatic heterocycles. The second-order valence-corrected chi connectivity index (χ2v) is 5.55. The topological polar surface area (TPSA) is 24.9 Å². The molecule has 4 heteroatoms. The van der Waals surface area contributed by atoms with E-state index in [1.54, 1.807) is 17.5 Å². The second kappa shape index (κ2) is 6.46. The van der Waals surface area contributed by atoms with Gasteiger partial charge >= 0.3 is 0 Å². The third kappa shape index (κ3) is 4.09. The average Bonchev–Trinajstić information content (AvgIpc) is 2.63. The molecule has 0 fully saturated rings. The summed E-state index contributed by atoms with van der Waals surface area (Å²) in [6.07, 6.45) is 4.16. The van der Waals surface area contributed by atoms with E-state index in [0.29, 0.717) is 6.04 Å². The number of halogens is 1. The number of rotatable bonds is 6. The lowest BCUT2D eigenvalue weighted by atomic mass is 9.96. The minimum Gasteiger partial charge on any atom is -0.308 e. The van der Waals surface area contributed by atoms with Crippen LogP contribution in [0, 0.1) is 5.92 Å². The van der Waals surface area contributed by atoms with Gasteiger partial charge in [0.25, 0.3) is 0 Å². The number of hydrogen-bond donors (Lipinski definition) is 1. The smallest absolute Gasteiger partial charge is 0.113 e. The minimum absolute atomic E-state index is 0.544. The van der Waals surface area contributed by atoms with Crippen LogP contribution in [0.15, 0.2) is 6.20 Å². The molecule has 1 heterocycles. The van der Waals surface area contributed by atoms with E-state index in [1.807, 2.05) is 0 Å². The van der Waals surface area contributed by atoms with E-state index in [1.165, 1.54) is 12.8 Å². The summed E-state index contributed by atoms with van der Waals surface area (Å²) >= 11 is 7.37. The van der Waals surface area contributed by atoms with Crippen molar-refractivity contribution in [3.63, 3.8) is 0 Å². The maximum atomic E-state index is 5.82. The van der Waals surface area contributed by atoms with Crippen molar-refractivity contribution in [3.05, 3.63) is 15.5 Å². The average molecular weight is 247 g/mol. The largest absolute Gasteiger partial charge is 0.308 e. The molecule has 1 unspecified atom stereocenters. The maximum absolute atomic E-state index is 5.82. The highest BCUT2D eigenvalue weighted by molar-refractivity contribution is 7.15. The van der Waals surface area contributed by atoms with Crippen LogP contribution in [-0.4, -0.2) is 11.0 Å². The summed E-state index contributed by atoms with van der Waals surface area (Å²) in [5, 5.41) is 4.57. The highest BCUT2D eigenvalue weighted by Gasteiger charge is 2.13. The van der Waals surface area contributed by atoms with Gasteiger partial charge in [0.05, 0.1) is 6.20 Å². The fraction of sp³-hybridized carbons (Fsp3) is 0.727. The molecule has 1 aromatic rings. The van der Waals surface area contributed by atoms with Gasteiger partial charge in [0.1, 0.15) is 9.34 Å². The fourth-order valence-electron chi connectivity index (χ4n) is 1.78. The Hall–Kier alpha value is -0.120. The number of aromatic nitrogens is 1. The van der Waals surface area contributed by atoms with Crippen LogP contribution in [-0.2, 0) is 6.54 Å². The summed E-state index contributed by atoms with van der Waals surface area (Å²) in [6, 6.07) is 0.544. The third-order valence-corrected chi connectivity index (χ3v) is 3.97. The van der Waals surface area contributed by atoms with Crippen molar-refractivity contribution in [2.75, 3.05) is 0 Å². The van der Waals surface area contributed by atoms with Crippen LogP contribution in [0.25, 0.3) is 0 Å². The van der Waals surface area contributed by atoms with Gasteiger partial charge in [-0.2, -0.15) is 0 Å². The molecular formula is C11H19ClN2S. The quantitative estimate of drug-likeness (QED) is 0.828. The molecule has 1 rings (SSSR count). The molecule has 0 aromatic carbocycles. The van der Waals surface area contributed by atoms with Crippen molar-refractivity contribution in [2.24, 2.45) is 5.92 Å². The van der Waals surface area contributed by atoms with E-state index in [2.05, 4.69) is 31.1 Å². The van der Waals surface area contributed by atoms with Gasteiger partial charge in [-0.15, -0.1) is 11.3 Å². The van der Waals surface area contributed by atoms with E-state index in [9.17, 15) is 0 Å². The monoisotopic (exact) mass is 246 g/mol. The molecule has 0 saturated carbocycles. The number of nitrogens with one attached hydrogen (secondary N) is 1. The summed E-state index contributed by atoms with van der Waals surface area (Å²) < 4.78 is 0.766. The normalized spacial score (nSPS) is 13.4. The summed E-state index contributed by atoms with van der Waals surface area (Å²) in [4.78, 5) is 4.22. The first-order valence-corrected chi connectivity index (χ1v) is 6.70. The van der Waals surface area contributed by atoms with Crippen LogP contribution in [0.1, 0.15) is 38.6 Å². The molecule has 1 aromatic heterocycles. The SMILES string of the molecule is CCC(CC)C(C)NCc1ncc(Cl)s1. The summed E-state index contributed by atoms with van der Waals surface area (Å²) in [5.41, 5.74) is 0. The van der Waals surface area contributed by atoms with Crippen molar-refractivity contribution in [1.82, 2.24) is 10.3 Å². The van der Waals surface area contributed by atoms with Gasteiger partial charge in [-0.3, -0.25) is 0 Å². The third-order valence-electron chi connectivity index (χ3n) is 2.86. The van der Waals surface area contributed by atoms with Crippen LogP contribution in [0.2, 0.25) is 4.34 Å². The van der Waals surface area contributed by atoms with Crippen LogP contribution >= 0.6 is 22.9 Å². The van der Waals surface area contributed by atoms with Gasteiger partial charge in [-0.05, 0) is 12.8 Å². The van der Waals surface area contributed by atoms with Gasteiger partial charge in [-0.25, -0.2) is 4.98 Å². The Kier molecular flexibility index (Phi) is 5.58. The van der Waals surface area contributed by atoms with Gasteiger partial charge in [-0.1, -0.05) is 38.3 Å². The highest BCUT2D eigenvalue weighted by atomic mass is 35.5. The van der Waals surface area contributed by atoms with Crippen LogP contribution in [0.3, 0.4) is 0 Å². The summed E-state index contributed by atoms with van der Waals surface area (Å²) in [5.74, 6) is 0.750. The van der Waals surface area contributed by atoms with Gasteiger partial charge in [0, 0.05) is 12.6 Å². The van der Waals surface area contributed by atoms with Crippen LogP contribution in [0.4, 0.5) is 0 Å². The molecule has 0 aliphatic rings. The lowest BCUT2D eigenvalue weighted by Gasteiger charge is -2.21. The Labute approximate surface area is 101 Å². The van der Waals surface area contributed by atoms with E-state index in [-0.39, 0.29) is 0 Å². The Morgan fingerprint density at radius 2 is 2.13 bits per heavy atom. The molecule has 1 N–H and O–H groups in total. The van der Waals surface area contributed by atoms with E-state index >= 15 is 0 Å². The molecule has 0 amide bonds. The zero-order chi connectivity index (χ0) is 11.3. The Morgan fingerprint density at radius 3 is 2.60 bits per heavy atom. The second-order valence-electron chi connectivity index (χ2n) is 3.80. The highest BCUT2D eigenvalue weighted by Crippen LogP contribution is 2.19. The zero-order valence-corrected chi connectivity index (χ0v) is 11.2. The molecule has 0 radical (unpaired) electrons. The molecule has 1 atom stereocenters. The molecular weight excluding hydrogens is 228 g/mol. The lowest BCUT2D eigenvalue weighted by Crippen LogP contribution is -2.32. The van der Waals surface area contributed by atoms with Crippen LogP contribution < -0.4 is 5.32 Å². The first-order chi connectivity index (χ1) is 7.17. The molecule has 2 nitrogen and oxygen atoms in total. The first kappa shape index (κ1) is 12.9. The van der Waals surface area contributed by atoms with Crippen molar-refractivity contribution < 1.29 is 0 Å². The molecule has 0 spiro atoms. The Bertz CT molecular complexity index is 284. The number of hydrogen-bond acceptors (Lipinski definition) is 3. The van der Waals surface area contributed by atoms with Crippen LogP contribution in [0.5, 0.6) is 0 Å². The summed E-state index contributed by atoms with van der Waals surface area (Å²) in [6.45, 7) is 7.56. The van der Waals surface area contributed by atoms with Gasteiger partial charge in [0.2, 0.25) is 0 Å². The van der Waals surface area contributed by atoms with Crippen molar-refractivity contribution in [3.8, 4) is 0 Å². The molecule has 0 saturated heterocycles. The van der Waals surface area contributed by atoms with E-state index in [0.717, 1.165) is 21.8 Å². The zero-order valence-electron chi connectivity index (χ0n) is 9.59. The predicted octanol–water partition coefficient (Wildman–Crippen LogP) is 3.71. The minimum atomic E-state index is 0.544. The maximum Gasteiger partial charge on any atom is 0.113 e. The van der Waals surface area contributed by atoms with E-state index < -0.39 is 0 Å². The fourth-order valence-corrected chi connectivity index (χ4v) is 2.69.